The zero-order valence-corrected chi connectivity index (χ0v) is 7.89. The molecule has 0 aliphatic carbocycles. The van der Waals surface area contributed by atoms with Crippen LogP contribution >= 0.6 is 23.2 Å². The number of alkyl halides is 2. The molecule has 0 amide bonds. The van der Waals surface area contributed by atoms with Gasteiger partial charge in [-0.2, -0.15) is 0 Å². The van der Waals surface area contributed by atoms with Crippen LogP contribution in [-0.4, -0.2) is 9.91 Å². The summed E-state index contributed by atoms with van der Waals surface area (Å²) in [5.41, 5.74) is -0.916. The van der Waals surface area contributed by atoms with Crippen molar-refractivity contribution in [2.75, 3.05) is 0 Å². The van der Waals surface area contributed by atoms with Gasteiger partial charge in [-0.15, -0.1) is 0 Å². The Kier molecular flexibility index (Phi) is 3.17. The lowest BCUT2D eigenvalue weighted by Gasteiger charge is -2.02. The van der Waals surface area contributed by atoms with Gasteiger partial charge < -0.3 is 10.1 Å². The molecule has 0 aliphatic rings. The van der Waals surface area contributed by atoms with Crippen molar-refractivity contribution in [3.05, 3.63) is 31.9 Å². The molecule has 0 spiro atoms. The minimum Gasteiger partial charge on any atom is -0.358 e. The van der Waals surface area contributed by atoms with E-state index >= 15 is 0 Å². The summed E-state index contributed by atoms with van der Waals surface area (Å²) in [4.78, 5) is 12.4. The molecule has 0 bridgehead atoms. The molecule has 76 valence electrons. The van der Waals surface area contributed by atoms with Crippen molar-refractivity contribution < 1.29 is 13.7 Å². The number of pyridine rings is 1. The summed E-state index contributed by atoms with van der Waals surface area (Å²) in [6.07, 6.45) is -3.06. The average Bonchev–Trinajstić information content (AvgIpc) is 2.01. The summed E-state index contributed by atoms with van der Waals surface area (Å²) in [5.74, 6) is -1.02. The highest BCUT2D eigenvalue weighted by Crippen LogP contribution is 2.35. The van der Waals surface area contributed by atoms with E-state index in [-0.39, 0.29) is 5.15 Å². The van der Waals surface area contributed by atoms with E-state index in [9.17, 15) is 18.9 Å². The highest BCUT2D eigenvalue weighted by Gasteiger charge is 2.27. The second-order valence-corrected chi connectivity index (χ2v) is 3.02. The minimum atomic E-state index is -3.06. The Hall–Kier alpha value is -1.01. The van der Waals surface area contributed by atoms with E-state index in [1.807, 2.05) is 0 Å². The van der Waals surface area contributed by atoms with Gasteiger partial charge in [0.25, 0.3) is 6.43 Å². The third-order valence-corrected chi connectivity index (χ3v) is 1.85. The summed E-state index contributed by atoms with van der Waals surface area (Å²) < 4.78 is 24.6. The maximum atomic E-state index is 12.3. The molecule has 0 fully saturated rings. The molecule has 1 aromatic heterocycles. The number of halogens is 4. The summed E-state index contributed by atoms with van der Waals surface area (Å²) in [6.45, 7) is 0. The lowest BCUT2D eigenvalue weighted by atomic mass is 10.2. The van der Waals surface area contributed by atoms with E-state index in [1.54, 1.807) is 0 Å². The van der Waals surface area contributed by atoms with E-state index in [2.05, 4.69) is 4.98 Å². The van der Waals surface area contributed by atoms with Gasteiger partial charge in [0.2, 0.25) is 5.15 Å². The molecule has 0 N–H and O–H groups in total. The van der Waals surface area contributed by atoms with E-state index in [0.717, 1.165) is 6.07 Å². The molecule has 0 radical (unpaired) electrons. The molecule has 14 heavy (non-hydrogen) atoms. The molecule has 0 saturated carbocycles. The molecule has 0 unspecified atom stereocenters. The largest absolute Gasteiger partial charge is 0.375 e. The molecule has 0 saturated heterocycles. The van der Waals surface area contributed by atoms with Gasteiger partial charge in [0.1, 0.15) is 5.56 Å². The van der Waals surface area contributed by atoms with Gasteiger partial charge in [0, 0.05) is 6.07 Å². The van der Waals surface area contributed by atoms with Crippen molar-refractivity contribution in [1.82, 2.24) is 4.98 Å². The monoisotopic (exact) mass is 242 g/mol. The van der Waals surface area contributed by atoms with Gasteiger partial charge in [-0.25, -0.2) is 8.78 Å². The third kappa shape index (κ3) is 2.08. The van der Waals surface area contributed by atoms with Gasteiger partial charge in [-0.3, -0.25) is 0 Å². The van der Waals surface area contributed by atoms with Crippen LogP contribution in [-0.2, 0) is 0 Å². The topological polar surface area (TPSA) is 56.0 Å². The Morgan fingerprint density at radius 3 is 2.50 bits per heavy atom. The van der Waals surface area contributed by atoms with Crippen molar-refractivity contribution in [2.45, 2.75) is 6.43 Å². The summed E-state index contributed by atoms with van der Waals surface area (Å²) in [5, 5.41) is 9.56. The fraction of sp³-hybridized carbons (Fsp3) is 0.167. The van der Waals surface area contributed by atoms with Crippen molar-refractivity contribution in [3.63, 3.8) is 0 Å². The Morgan fingerprint density at radius 2 is 2.07 bits per heavy atom. The number of nitro groups is 1. The standard InChI is InChI=1S/C6H2Cl2F2N2O2/c7-2-1-3(8)11-6(12(13)14)4(2)5(9)10/h1,5H. The molecule has 4 nitrogen and oxygen atoms in total. The van der Waals surface area contributed by atoms with Gasteiger partial charge in [-0.1, -0.05) is 11.6 Å². The molecule has 0 atom stereocenters. The maximum Gasteiger partial charge on any atom is 0.375 e. The zero-order chi connectivity index (χ0) is 10.9. The molecule has 0 aromatic carbocycles. The first kappa shape index (κ1) is 11.1. The second kappa shape index (κ2) is 4.02. The predicted octanol–water partition coefficient (Wildman–Crippen LogP) is 3.23. The molecule has 1 heterocycles. The summed E-state index contributed by atoms with van der Waals surface area (Å²) in [6, 6.07) is 0.928. The minimum absolute atomic E-state index is 0.300. The van der Waals surface area contributed by atoms with Crippen molar-refractivity contribution in [1.29, 1.82) is 0 Å². The Balaban J connectivity index is 3.44. The molecule has 8 heteroatoms. The number of aromatic nitrogens is 1. The van der Waals surface area contributed by atoms with Crippen LogP contribution in [0.4, 0.5) is 14.6 Å². The van der Waals surface area contributed by atoms with Crippen molar-refractivity contribution >= 4 is 29.0 Å². The van der Waals surface area contributed by atoms with Crippen LogP contribution in [0.25, 0.3) is 0 Å². The molecular weight excluding hydrogens is 241 g/mol. The van der Waals surface area contributed by atoms with E-state index in [0.29, 0.717) is 0 Å². The first-order valence-corrected chi connectivity index (χ1v) is 3.97. The van der Waals surface area contributed by atoms with Crippen LogP contribution in [0.5, 0.6) is 0 Å². The maximum absolute atomic E-state index is 12.3. The van der Waals surface area contributed by atoms with Gasteiger partial charge in [0.05, 0.1) is 5.02 Å². The van der Waals surface area contributed by atoms with Crippen molar-refractivity contribution in [3.8, 4) is 0 Å². The van der Waals surface area contributed by atoms with Crippen LogP contribution in [0.3, 0.4) is 0 Å². The Bertz CT molecular complexity index is 386. The van der Waals surface area contributed by atoms with Gasteiger partial charge >= 0.3 is 5.82 Å². The lowest BCUT2D eigenvalue weighted by Crippen LogP contribution is -2.00. The molecule has 1 aromatic rings. The van der Waals surface area contributed by atoms with Crippen LogP contribution in [0, 0.1) is 10.1 Å². The lowest BCUT2D eigenvalue weighted by molar-refractivity contribution is -0.391. The number of nitrogens with zero attached hydrogens (tertiary/aromatic N) is 2. The average molecular weight is 243 g/mol. The Morgan fingerprint density at radius 1 is 1.50 bits per heavy atom. The van der Waals surface area contributed by atoms with Crippen LogP contribution in [0.1, 0.15) is 12.0 Å². The van der Waals surface area contributed by atoms with Crippen LogP contribution < -0.4 is 0 Å². The van der Waals surface area contributed by atoms with Gasteiger partial charge in [0.15, 0.2) is 0 Å². The number of rotatable bonds is 2. The van der Waals surface area contributed by atoms with E-state index in [1.165, 1.54) is 0 Å². The van der Waals surface area contributed by atoms with Crippen molar-refractivity contribution in [2.24, 2.45) is 0 Å². The normalized spacial score (nSPS) is 10.6. The quantitative estimate of drug-likeness (QED) is 0.455. The number of hydrogen-bond acceptors (Lipinski definition) is 3. The van der Waals surface area contributed by atoms with Crippen LogP contribution in [0.2, 0.25) is 10.2 Å². The fourth-order valence-electron chi connectivity index (χ4n) is 0.824. The molecular formula is C6H2Cl2F2N2O2. The smallest absolute Gasteiger partial charge is 0.358 e. The van der Waals surface area contributed by atoms with Crippen LogP contribution in [0.15, 0.2) is 6.07 Å². The highest BCUT2D eigenvalue weighted by molar-refractivity contribution is 6.34. The Labute approximate surface area is 86.6 Å². The SMILES string of the molecule is O=[N+]([O-])c1nc(Cl)cc(Cl)c1C(F)F. The zero-order valence-electron chi connectivity index (χ0n) is 6.38. The van der Waals surface area contributed by atoms with Gasteiger partial charge in [-0.05, 0) is 21.5 Å². The molecule has 0 aliphatic heterocycles. The van der Waals surface area contributed by atoms with E-state index in [4.69, 9.17) is 23.2 Å². The highest BCUT2D eigenvalue weighted by atomic mass is 35.5. The van der Waals surface area contributed by atoms with E-state index < -0.39 is 27.8 Å². The first-order valence-electron chi connectivity index (χ1n) is 3.22. The number of hydrogen-bond donors (Lipinski definition) is 0. The molecule has 1 rings (SSSR count). The summed E-state index contributed by atoms with van der Waals surface area (Å²) >= 11 is 10.7. The fourth-order valence-corrected chi connectivity index (χ4v) is 1.34. The predicted molar refractivity (Wildman–Crippen MR) is 45.9 cm³/mol. The summed E-state index contributed by atoms with van der Waals surface area (Å²) in [7, 11) is 0. The third-order valence-electron chi connectivity index (χ3n) is 1.35. The second-order valence-electron chi connectivity index (χ2n) is 2.22. The first-order chi connectivity index (χ1) is 6.43.